The molecule has 20 heavy (non-hydrogen) atoms. The molecule has 1 heterocycles. The predicted molar refractivity (Wildman–Crippen MR) is 74.8 cm³/mol. The number of nitro groups is 1. The molecule has 0 saturated heterocycles. The molecule has 8 heteroatoms. The number of halogens is 2. The van der Waals surface area contributed by atoms with Crippen LogP contribution in [0.15, 0.2) is 34.9 Å². The van der Waals surface area contributed by atoms with Crippen molar-refractivity contribution >= 4 is 33.1 Å². The fraction of sp³-hybridized carbons (Fsp3) is 0.0833. The summed E-state index contributed by atoms with van der Waals surface area (Å²) in [5, 5.41) is 13.7. The summed E-state index contributed by atoms with van der Waals surface area (Å²) >= 11 is 3.12. The van der Waals surface area contributed by atoms with Crippen LogP contribution in [0.3, 0.4) is 0 Å². The summed E-state index contributed by atoms with van der Waals surface area (Å²) in [5.41, 5.74) is 0.178. The summed E-state index contributed by atoms with van der Waals surface area (Å²) in [7, 11) is 1.38. The zero-order valence-corrected chi connectivity index (χ0v) is 11.8. The minimum absolute atomic E-state index is 0.0445. The maximum Gasteiger partial charge on any atom is 0.312 e. The fourth-order valence-electron chi connectivity index (χ4n) is 1.56. The van der Waals surface area contributed by atoms with Crippen LogP contribution >= 0.6 is 15.9 Å². The van der Waals surface area contributed by atoms with Crippen LogP contribution < -0.4 is 10.1 Å². The lowest BCUT2D eigenvalue weighted by molar-refractivity contribution is -0.384. The SMILES string of the molecule is COc1cc(F)ccc1Nc1ncc(Br)cc1[N+](=O)[O-]. The summed E-state index contributed by atoms with van der Waals surface area (Å²) in [6.07, 6.45) is 1.42. The molecule has 1 N–H and O–H groups in total. The molecule has 2 rings (SSSR count). The Labute approximate surface area is 121 Å². The summed E-state index contributed by atoms with van der Waals surface area (Å²) in [6, 6.07) is 5.13. The number of methoxy groups -OCH3 is 1. The van der Waals surface area contributed by atoms with E-state index >= 15 is 0 Å². The van der Waals surface area contributed by atoms with E-state index in [0.29, 0.717) is 10.2 Å². The number of hydrogen-bond donors (Lipinski definition) is 1. The highest BCUT2D eigenvalue weighted by atomic mass is 79.9. The number of ether oxygens (including phenoxy) is 1. The van der Waals surface area contributed by atoms with Gasteiger partial charge in [-0.05, 0) is 28.1 Å². The highest BCUT2D eigenvalue weighted by Crippen LogP contribution is 2.32. The van der Waals surface area contributed by atoms with Gasteiger partial charge in [0.05, 0.1) is 17.7 Å². The normalized spacial score (nSPS) is 10.2. The van der Waals surface area contributed by atoms with Gasteiger partial charge in [0.25, 0.3) is 0 Å². The van der Waals surface area contributed by atoms with E-state index < -0.39 is 10.7 Å². The van der Waals surface area contributed by atoms with Crippen LogP contribution in [0.5, 0.6) is 5.75 Å². The van der Waals surface area contributed by atoms with Crippen molar-refractivity contribution < 1.29 is 14.1 Å². The van der Waals surface area contributed by atoms with Crippen LogP contribution in [0.25, 0.3) is 0 Å². The molecule has 0 atom stereocenters. The number of rotatable bonds is 4. The van der Waals surface area contributed by atoms with Gasteiger partial charge >= 0.3 is 5.69 Å². The summed E-state index contributed by atoms with van der Waals surface area (Å²) in [4.78, 5) is 14.4. The molecule has 0 saturated carbocycles. The van der Waals surface area contributed by atoms with Crippen LogP contribution in [0.2, 0.25) is 0 Å². The number of aromatic nitrogens is 1. The Hall–Kier alpha value is -2.22. The molecule has 1 aromatic carbocycles. The van der Waals surface area contributed by atoms with E-state index in [-0.39, 0.29) is 17.3 Å². The summed E-state index contributed by atoms with van der Waals surface area (Å²) < 4.78 is 18.6. The van der Waals surface area contributed by atoms with Crippen molar-refractivity contribution in [2.24, 2.45) is 0 Å². The van der Waals surface area contributed by atoms with Crippen molar-refractivity contribution in [2.45, 2.75) is 0 Å². The van der Waals surface area contributed by atoms with E-state index in [0.717, 1.165) is 0 Å². The minimum Gasteiger partial charge on any atom is -0.494 e. The van der Waals surface area contributed by atoms with Crippen LogP contribution in [0.1, 0.15) is 0 Å². The average molecular weight is 342 g/mol. The van der Waals surface area contributed by atoms with Gasteiger partial charge in [0, 0.05) is 22.8 Å². The molecule has 0 aliphatic carbocycles. The molecule has 0 radical (unpaired) electrons. The number of nitrogens with zero attached hydrogens (tertiary/aromatic N) is 2. The van der Waals surface area contributed by atoms with E-state index in [9.17, 15) is 14.5 Å². The maximum absolute atomic E-state index is 13.1. The molecule has 2 aromatic rings. The Morgan fingerprint density at radius 1 is 1.45 bits per heavy atom. The first-order valence-electron chi connectivity index (χ1n) is 5.41. The number of hydrogen-bond acceptors (Lipinski definition) is 5. The fourth-order valence-corrected chi connectivity index (χ4v) is 1.88. The van der Waals surface area contributed by atoms with E-state index in [1.54, 1.807) is 0 Å². The van der Waals surface area contributed by atoms with Gasteiger partial charge in [-0.15, -0.1) is 0 Å². The van der Waals surface area contributed by atoms with Crippen LogP contribution in [-0.2, 0) is 0 Å². The van der Waals surface area contributed by atoms with E-state index in [4.69, 9.17) is 4.74 Å². The average Bonchev–Trinajstić information content (AvgIpc) is 2.42. The van der Waals surface area contributed by atoms with Gasteiger partial charge in [0.15, 0.2) is 0 Å². The van der Waals surface area contributed by atoms with Gasteiger partial charge in [-0.2, -0.15) is 0 Å². The number of nitrogens with one attached hydrogen (secondary N) is 1. The van der Waals surface area contributed by atoms with Crippen LogP contribution in [-0.4, -0.2) is 17.0 Å². The lowest BCUT2D eigenvalue weighted by Crippen LogP contribution is -2.01. The molecular weight excluding hydrogens is 333 g/mol. The standard InChI is InChI=1S/C12H9BrFN3O3/c1-20-11-5-8(14)2-3-9(11)16-12-10(17(18)19)4-7(13)6-15-12/h2-6H,1H3,(H,15,16). The largest absolute Gasteiger partial charge is 0.494 e. The van der Waals surface area contributed by atoms with E-state index in [1.807, 2.05) is 0 Å². The molecule has 0 unspecified atom stereocenters. The highest BCUT2D eigenvalue weighted by molar-refractivity contribution is 9.10. The molecular formula is C12H9BrFN3O3. The van der Waals surface area contributed by atoms with Crippen molar-refractivity contribution in [3.05, 3.63) is 50.9 Å². The van der Waals surface area contributed by atoms with Gasteiger partial charge in [-0.3, -0.25) is 10.1 Å². The molecule has 0 spiro atoms. The molecule has 0 amide bonds. The topological polar surface area (TPSA) is 77.3 Å². The van der Waals surface area contributed by atoms with E-state index in [1.165, 1.54) is 37.6 Å². The maximum atomic E-state index is 13.1. The van der Waals surface area contributed by atoms with Crippen molar-refractivity contribution in [1.29, 1.82) is 0 Å². The predicted octanol–water partition coefficient (Wildman–Crippen LogP) is 3.64. The summed E-state index contributed by atoms with van der Waals surface area (Å²) in [6.45, 7) is 0. The van der Waals surface area contributed by atoms with Crippen molar-refractivity contribution in [3.63, 3.8) is 0 Å². The number of pyridine rings is 1. The lowest BCUT2D eigenvalue weighted by Gasteiger charge is -2.10. The Balaban J connectivity index is 2.42. The molecule has 0 bridgehead atoms. The quantitative estimate of drug-likeness (QED) is 0.678. The van der Waals surface area contributed by atoms with E-state index in [2.05, 4.69) is 26.2 Å². The van der Waals surface area contributed by atoms with Crippen molar-refractivity contribution in [3.8, 4) is 5.75 Å². The third kappa shape index (κ3) is 3.02. The second kappa shape index (κ2) is 5.83. The van der Waals surface area contributed by atoms with Gasteiger partial charge in [-0.1, -0.05) is 0 Å². The van der Waals surface area contributed by atoms with Crippen molar-refractivity contribution in [1.82, 2.24) is 4.98 Å². The lowest BCUT2D eigenvalue weighted by atomic mass is 10.2. The van der Waals surface area contributed by atoms with Crippen LogP contribution in [0, 0.1) is 15.9 Å². The summed E-state index contributed by atoms with van der Waals surface area (Å²) in [5.74, 6) is -0.196. The Kier molecular flexibility index (Phi) is 4.14. The third-order valence-corrected chi connectivity index (χ3v) is 2.88. The monoisotopic (exact) mass is 341 g/mol. The molecule has 0 aliphatic rings. The first-order valence-corrected chi connectivity index (χ1v) is 6.21. The first kappa shape index (κ1) is 14.2. The minimum atomic E-state index is -0.559. The third-order valence-electron chi connectivity index (χ3n) is 2.45. The molecule has 104 valence electrons. The van der Waals surface area contributed by atoms with Gasteiger partial charge in [0.1, 0.15) is 11.6 Å². The molecule has 6 nitrogen and oxygen atoms in total. The zero-order valence-electron chi connectivity index (χ0n) is 10.3. The van der Waals surface area contributed by atoms with Gasteiger partial charge in [-0.25, -0.2) is 9.37 Å². The Morgan fingerprint density at radius 2 is 2.20 bits per heavy atom. The number of anilines is 2. The molecule has 0 fully saturated rings. The molecule has 0 aliphatic heterocycles. The Morgan fingerprint density at radius 3 is 2.85 bits per heavy atom. The Bertz CT molecular complexity index is 666. The smallest absolute Gasteiger partial charge is 0.312 e. The number of benzene rings is 1. The second-order valence-electron chi connectivity index (χ2n) is 3.75. The second-order valence-corrected chi connectivity index (χ2v) is 4.66. The van der Waals surface area contributed by atoms with Gasteiger partial charge < -0.3 is 10.1 Å². The van der Waals surface area contributed by atoms with Crippen molar-refractivity contribution in [2.75, 3.05) is 12.4 Å². The van der Waals surface area contributed by atoms with Crippen LogP contribution in [0.4, 0.5) is 21.6 Å². The zero-order chi connectivity index (χ0) is 14.7. The highest BCUT2D eigenvalue weighted by Gasteiger charge is 2.17. The first-order chi connectivity index (χ1) is 9.51. The molecule has 1 aromatic heterocycles. The van der Waals surface area contributed by atoms with Gasteiger partial charge in [0.2, 0.25) is 5.82 Å².